The van der Waals surface area contributed by atoms with Gasteiger partial charge in [0.2, 0.25) is 0 Å². The summed E-state index contributed by atoms with van der Waals surface area (Å²) in [7, 11) is 0. The van der Waals surface area contributed by atoms with E-state index in [4.69, 9.17) is 0 Å². The predicted molar refractivity (Wildman–Crippen MR) is 87.1 cm³/mol. The van der Waals surface area contributed by atoms with E-state index in [0.29, 0.717) is 0 Å². The highest BCUT2D eigenvalue weighted by atomic mass is 32.2. The number of hydrogen-bond donors (Lipinski definition) is 1. The van der Waals surface area contributed by atoms with Crippen molar-refractivity contribution in [1.82, 2.24) is 0 Å². The highest BCUT2D eigenvalue weighted by Gasteiger charge is 2.40. The van der Waals surface area contributed by atoms with Crippen LogP contribution in [0.2, 0.25) is 0 Å². The summed E-state index contributed by atoms with van der Waals surface area (Å²) < 4.78 is -0.527. The Kier molecular flexibility index (Phi) is 9.04. The highest BCUT2D eigenvalue weighted by molar-refractivity contribution is 8.19. The Bertz CT molecular complexity index is 251. The molecule has 0 bridgehead atoms. The van der Waals surface area contributed by atoms with Crippen molar-refractivity contribution in [2.24, 2.45) is 0 Å². The molecule has 0 aromatic rings. The molecule has 0 saturated carbocycles. The number of hydrogen-bond acceptors (Lipinski definition) is 3. The largest absolute Gasteiger partial charge is 0.480 e. The minimum Gasteiger partial charge on any atom is -0.480 e. The summed E-state index contributed by atoms with van der Waals surface area (Å²) in [6.45, 7) is 2.24. The van der Waals surface area contributed by atoms with Gasteiger partial charge in [-0.15, -0.1) is 23.5 Å². The van der Waals surface area contributed by atoms with Gasteiger partial charge in [-0.05, 0) is 24.3 Å². The number of carboxylic acids is 1. The van der Waals surface area contributed by atoms with Crippen molar-refractivity contribution < 1.29 is 9.90 Å². The van der Waals surface area contributed by atoms with Crippen molar-refractivity contribution in [3.8, 4) is 0 Å². The number of rotatable bonds is 10. The standard InChI is InChI=1S/C15H28O2S2/c1-2-3-4-5-6-7-8-9-11-15(14(16)17)18-12-10-13-19-15/h2-13H2,1H3,(H,16,17). The minimum absolute atomic E-state index is 0.527. The molecule has 0 atom stereocenters. The van der Waals surface area contributed by atoms with Crippen LogP contribution >= 0.6 is 23.5 Å². The average Bonchev–Trinajstić information content (AvgIpc) is 2.42. The van der Waals surface area contributed by atoms with E-state index in [1.165, 1.54) is 44.9 Å². The summed E-state index contributed by atoms with van der Waals surface area (Å²) in [4.78, 5) is 11.5. The van der Waals surface area contributed by atoms with Crippen LogP contribution in [0.3, 0.4) is 0 Å². The van der Waals surface area contributed by atoms with Gasteiger partial charge in [-0.2, -0.15) is 0 Å². The van der Waals surface area contributed by atoms with Gasteiger partial charge in [-0.25, -0.2) is 4.79 Å². The lowest BCUT2D eigenvalue weighted by atomic mass is 10.1. The van der Waals surface area contributed by atoms with Crippen LogP contribution < -0.4 is 0 Å². The van der Waals surface area contributed by atoms with E-state index in [-0.39, 0.29) is 0 Å². The SMILES string of the molecule is CCCCCCCCCCC1(C(=O)O)SCCCS1. The molecule has 4 heteroatoms. The predicted octanol–water partition coefficient (Wildman–Crippen LogP) is 5.17. The topological polar surface area (TPSA) is 37.3 Å². The molecule has 0 amide bonds. The van der Waals surface area contributed by atoms with Gasteiger partial charge in [0.15, 0.2) is 4.08 Å². The first-order valence-corrected chi connectivity index (χ1v) is 9.70. The van der Waals surface area contributed by atoms with Gasteiger partial charge in [0.05, 0.1) is 0 Å². The second-order valence-corrected chi connectivity index (χ2v) is 8.38. The lowest BCUT2D eigenvalue weighted by molar-refractivity contribution is -0.137. The molecule has 0 aromatic heterocycles. The molecular weight excluding hydrogens is 276 g/mol. The molecule has 1 aliphatic rings. The number of aliphatic carboxylic acids is 1. The van der Waals surface area contributed by atoms with Crippen LogP contribution in [0.1, 0.15) is 71.1 Å². The maximum atomic E-state index is 11.5. The third-order valence-corrected chi connectivity index (χ3v) is 7.03. The van der Waals surface area contributed by atoms with Gasteiger partial charge in [0, 0.05) is 0 Å². The first-order valence-electron chi connectivity index (χ1n) is 7.72. The zero-order valence-corrected chi connectivity index (χ0v) is 13.8. The first kappa shape index (κ1) is 17.2. The number of unbranched alkanes of at least 4 members (excludes halogenated alkanes) is 7. The molecule has 1 fully saturated rings. The molecule has 19 heavy (non-hydrogen) atoms. The number of thioether (sulfide) groups is 2. The molecule has 0 radical (unpaired) electrons. The fourth-order valence-corrected chi connectivity index (χ4v) is 5.52. The summed E-state index contributed by atoms with van der Waals surface area (Å²) in [5, 5.41) is 9.45. The van der Waals surface area contributed by atoms with Crippen LogP contribution in [-0.4, -0.2) is 26.7 Å². The lowest BCUT2D eigenvalue weighted by Gasteiger charge is -2.31. The molecule has 1 rings (SSSR count). The molecule has 0 aliphatic carbocycles. The van der Waals surface area contributed by atoms with Crippen molar-refractivity contribution in [3.63, 3.8) is 0 Å². The highest BCUT2D eigenvalue weighted by Crippen LogP contribution is 2.46. The fraction of sp³-hybridized carbons (Fsp3) is 0.933. The Labute approximate surface area is 126 Å². The Hall–Kier alpha value is 0.170. The smallest absolute Gasteiger partial charge is 0.330 e. The maximum absolute atomic E-state index is 11.5. The lowest BCUT2D eigenvalue weighted by Crippen LogP contribution is -2.34. The summed E-state index contributed by atoms with van der Waals surface area (Å²) >= 11 is 3.31. The van der Waals surface area contributed by atoms with E-state index in [9.17, 15) is 9.90 Å². The second-order valence-electron chi connectivity index (χ2n) is 5.33. The summed E-state index contributed by atoms with van der Waals surface area (Å²) in [5.74, 6) is 1.41. The van der Waals surface area contributed by atoms with Crippen LogP contribution in [0.4, 0.5) is 0 Å². The summed E-state index contributed by atoms with van der Waals surface area (Å²) in [6.07, 6.45) is 12.2. The molecule has 1 heterocycles. The molecule has 1 N–H and O–H groups in total. The van der Waals surface area contributed by atoms with Gasteiger partial charge >= 0.3 is 5.97 Å². The second kappa shape index (κ2) is 9.98. The van der Waals surface area contributed by atoms with Gasteiger partial charge in [0.25, 0.3) is 0 Å². The number of carbonyl (C=O) groups is 1. The molecule has 0 aromatic carbocycles. The van der Waals surface area contributed by atoms with Crippen LogP contribution in [0.15, 0.2) is 0 Å². The van der Waals surface area contributed by atoms with Crippen molar-refractivity contribution in [2.45, 2.75) is 75.2 Å². The van der Waals surface area contributed by atoms with Gasteiger partial charge in [-0.1, -0.05) is 58.3 Å². The zero-order chi connectivity index (χ0) is 14.0. The zero-order valence-electron chi connectivity index (χ0n) is 12.2. The van der Waals surface area contributed by atoms with E-state index in [0.717, 1.165) is 30.8 Å². The Morgan fingerprint density at radius 3 is 2.05 bits per heavy atom. The maximum Gasteiger partial charge on any atom is 0.330 e. The van der Waals surface area contributed by atoms with E-state index < -0.39 is 10.0 Å². The third kappa shape index (κ3) is 6.44. The quantitative estimate of drug-likeness (QED) is 0.565. The van der Waals surface area contributed by atoms with E-state index in [2.05, 4.69) is 6.92 Å². The van der Waals surface area contributed by atoms with Crippen LogP contribution in [0, 0.1) is 0 Å². The normalized spacial score (nSPS) is 18.4. The van der Waals surface area contributed by atoms with Crippen molar-refractivity contribution in [3.05, 3.63) is 0 Å². The first-order chi connectivity index (χ1) is 9.21. The van der Waals surface area contributed by atoms with Crippen molar-refractivity contribution in [1.29, 1.82) is 0 Å². The Morgan fingerprint density at radius 2 is 1.53 bits per heavy atom. The monoisotopic (exact) mass is 304 g/mol. The molecular formula is C15H28O2S2. The average molecular weight is 305 g/mol. The van der Waals surface area contributed by atoms with E-state index in [1.807, 2.05) is 0 Å². The Morgan fingerprint density at radius 1 is 1.00 bits per heavy atom. The van der Waals surface area contributed by atoms with Crippen LogP contribution in [-0.2, 0) is 4.79 Å². The molecule has 0 unspecified atom stereocenters. The van der Waals surface area contributed by atoms with Crippen molar-refractivity contribution in [2.75, 3.05) is 11.5 Å². The van der Waals surface area contributed by atoms with E-state index in [1.54, 1.807) is 23.5 Å². The fourth-order valence-electron chi connectivity index (χ4n) is 2.44. The Balaban J connectivity index is 2.10. The third-order valence-electron chi connectivity index (χ3n) is 3.64. The van der Waals surface area contributed by atoms with Gasteiger partial charge < -0.3 is 5.11 Å². The van der Waals surface area contributed by atoms with Gasteiger partial charge in [0.1, 0.15) is 0 Å². The molecule has 0 spiro atoms. The van der Waals surface area contributed by atoms with Crippen molar-refractivity contribution >= 4 is 29.5 Å². The van der Waals surface area contributed by atoms with E-state index >= 15 is 0 Å². The molecule has 2 nitrogen and oxygen atoms in total. The summed E-state index contributed by atoms with van der Waals surface area (Å²) in [6, 6.07) is 0. The van der Waals surface area contributed by atoms with Crippen LogP contribution in [0.25, 0.3) is 0 Å². The minimum atomic E-state index is -0.606. The molecule has 1 saturated heterocycles. The molecule has 112 valence electrons. The summed E-state index contributed by atoms with van der Waals surface area (Å²) in [5.41, 5.74) is 0. The van der Waals surface area contributed by atoms with Crippen LogP contribution in [0.5, 0.6) is 0 Å². The van der Waals surface area contributed by atoms with Gasteiger partial charge in [-0.3, -0.25) is 0 Å². The number of carboxylic acid groups (broad SMARTS) is 1. The molecule has 1 aliphatic heterocycles.